The van der Waals surface area contributed by atoms with Gasteiger partial charge < -0.3 is 10.5 Å². The fourth-order valence-corrected chi connectivity index (χ4v) is 2.78. The third-order valence-electron chi connectivity index (χ3n) is 3.93. The van der Waals surface area contributed by atoms with Crippen molar-refractivity contribution in [1.82, 2.24) is 4.90 Å². The van der Waals surface area contributed by atoms with E-state index in [4.69, 9.17) is 10.5 Å². The van der Waals surface area contributed by atoms with Gasteiger partial charge in [-0.1, -0.05) is 36.4 Å². The molecule has 3 rings (SSSR count). The molecule has 3 heteroatoms. The lowest BCUT2D eigenvalue weighted by Crippen LogP contribution is -2.44. The standard InChI is InChI=1S/C17H20N2O/c1-20-17-8-7-13(9-16(17)18)10-19-11-15(12-19)14-5-3-2-4-6-14/h2-9,15H,10-12,18H2,1H3. The second kappa shape index (κ2) is 5.55. The van der Waals surface area contributed by atoms with Gasteiger partial charge in [0, 0.05) is 25.6 Å². The Hall–Kier alpha value is -2.00. The summed E-state index contributed by atoms with van der Waals surface area (Å²) in [5.74, 6) is 1.42. The van der Waals surface area contributed by atoms with Crippen LogP contribution in [0.15, 0.2) is 48.5 Å². The number of likely N-dealkylation sites (tertiary alicyclic amines) is 1. The molecule has 1 saturated heterocycles. The van der Waals surface area contributed by atoms with Crippen molar-refractivity contribution >= 4 is 5.69 Å². The molecule has 104 valence electrons. The summed E-state index contributed by atoms with van der Waals surface area (Å²) >= 11 is 0. The Bertz CT molecular complexity index is 577. The van der Waals surface area contributed by atoms with Gasteiger partial charge in [-0.15, -0.1) is 0 Å². The number of benzene rings is 2. The van der Waals surface area contributed by atoms with Gasteiger partial charge in [0.25, 0.3) is 0 Å². The summed E-state index contributed by atoms with van der Waals surface area (Å²) in [5.41, 5.74) is 9.34. The molecule has 0 atom stereocenters. The minimum absolute atomic E-state index is 0.673. The molecule has 1 fully saturated rings. The Morgan fingerprint density at radius 2 is 1.90 bits per heavy atom. The van der Waals surface area contributed by atoms with Crippen molar-refractivity contribution in [2.75, 3.05) is 25.9 Å². The normalized spacial score (nSPS) is 15.8. The van der Waals surface area contributed by atoms with Crippen LogP contribution in [0.1, 0.15) is 17.0 Å². The second-order valence-electron chi connectivity index (χ2n) is 5.38. The van der Waals surface area contributed by atoms with Crippen LogP contribution in [0.3, 0.4) is 0 Å². The van der Waals surface area contributed by atoms with Gasteiger partial charge in [0.2, 0.25) is 0 Å². The van der Waals surface area contributed by atoms with Crippen LogP contribution in [0, 0.1) is 0 Å². The predicted molar refractivity (Wildman–Crippen MR) is 81.9 cm³/mol. The summed E-state index contributed by atoms with van der Waals surface area (Å²) in [5, 5.41) is 0. The van der Waals surface area contributed by atoms with E-state index in [2.05, 4.69) is 41.3 Å². The molecule has 0 spiro atoms. The predicted octanol–water partition coefficient (Wildman–Crippen LogP) is 2.88. The quantitative estimate of drug-likeness (QED) is 0.867. The van der Waals surface area contributed by atoms with Gasteiger partial charge in [-0.05, 0) is 23.3 Å². The van der Waals surface area contributed by atoms with Gasteiger partial charge >= 0.3 is 0 Å². The van der Waals surface area contributed by atoms with E-state index in [0.29, 0.717) is 11.6 Å². The van der Waals surface area contributed by atoms with Crippen LogP contribution in [-0.4, -0.2) is 25.1 Å². The number of anilines is 1. The SMILES string of the molecule is COc1ccc(CN2CC(c3ccccc3)C2)cc1N. The van der Waals surface area contributed by atoms with Crippen LogP contribution in [0.4, 0.5) is 5.69 Å². The van der Waals surface area contributed by atoms with Gasteiger partial charge in [-0.3, -0.25) is 4.90 Å². The molecular weight excluding hydrogens is 248 g/mol. The summed E-state index contributed by atoms with van der Waals surface area (Å²) in [6.45, 7) is 3.20. The van der Waals surface area contributed by atoms with Crippen LogP contribution < -0.4 is 10.5 Å². The second-order valence-corrected chi connectivity index (χ2v) is 5.38. The smallest absolute Gasteiger partial charge is 0.141 e. The van der Waals surface area contributed by atoms with Crippen LogP contribution in [0.2, 0.25) is 0 Å². The van der Waals surface area contributed by atoms with Crippen molar-refractivity contribution in [2.45, 2.75) is 12.5 Å². The lowest BCUT2D eigenvalue weighted by Gasteiger charge is -2.39. The Labute approximate surface area is 120 Å². The molecule has 1 heterocycles. The molecule has 1 aliphatic rings. The molecule has 2 aromatic rings. The molecular formula is C17H20N2O. The first-order valence-corrected chi connectivity index (χ1v) is 6.96. The van der Waals surface area contributed by atoms with E-state index in [-0.39, 0.29) is 0 Å². The van der Waals surface area contributed by atoms with Gasteiger partial charge in [-0.25, -0.2) is 0 Å². The average Bonchev–Trinajstić information content (AvgIpc) is 2.43. The van der Waals surface area contributed by atoms with E-state index < -0.39 is 0 Å². The third-order valence-corrected chi connectivity index (χ3v) is 3.93. The highest BCUT2D eigenvalue weighted by Gasteiger charge is 2.27. The van der Waals surface area contributed by atoms with Crippen molar-refractivity contribution < 1.29 is 4.74 Å². The number of ether oxygens (including phenoxy) is 1. The van der Waals surface area contributed by atoms with Crippen molar-refractivity contribution in [3.8, 4) is 5.75 Å². The van der Waals surface area contributed by atoms with E-state index in [9.17, 15) is 0 Å². The lowest BCUT2D eigenvalue weighted by atomic mass is 9.91. The van der Waals surface area contributed by atoms with Crippen LogP contribution in [-0.2, 0) is 6.54 Å². The lowest BCUT2D eigenvalue weighted by molar-refractivity contribution is 0.139. The van der Waals surface area contributed by atoms with E-state index >= 15 is 0 Å². The number of nitrogens with zero attached hydrogens (tertiary/aromatic N) is 1. The van der Waals surface area contributed by atoms with E-state index in [1.54, 1.807) is 7.11 Å². The molecule has 2 aromatic carbocycles. The van der Waals surface area contributed by atoms with Crippen molar-refractivity contribution in [1.29, 1.82) is 0 Å². The summed E-state index contributed by atoms with van der Waals surface area (Å²) in [6.07, 6.45) is 0. The summed E-state index contributed by atoms with van der Waals surface area (Å²) in [6, 6.07) is 16.8. The molecule has 2 N–H and O–H groups in total. The molecule has 0 aromatic heterocycles. The van der Waals surface area contributed by atoms with Gasteiger partial charge in [-0.2, -0.15) is 0 Å². The average molecular weight is 268 g/mol. The molecule has 0 unspecified atom stereocenters. The fraction of sp³-hybridized carbons (Fsp3) is 0.294. The minimum atomic E-state index is 0.673. The first-order chi connectivity index (χ1) is 9.76. The van der Waals surface area contributed by atoms with E-state index in [0.717, 1.165) is 25.4 Å². The van der Waals surface area contributed by atoms with E-state index in [1.807, 2.05) is 12.1 Å². The molecule has 3 nitrogen and oxygen atoms in total. The maximum absolute atomic E-state index is 5.94. The zero-order valence-electron chi connectivity index (χ0n) is 11.8. The summed E-state index contributed by atoms with van der Waals surface area (Å²) < 4.78 is 5.18. The number of nitrogen functional groups attached to an aromatic ring is 1. The van der Waals surface area contributed by atoms with Crippen LogP contribution >= 0.6 is 0 Å². The Morgan fingerprint density at radius 3 is 2.55 bits per heavy atom. The van der Waals surface area contributed by atoms with Crippen molar-refractivity contribution in [3.63, 3.8) is 0 Å². The summed E-state index contributed by atoms with van der Waals surface area (Å²) in [7, 11) is 1.64. The molecule has 0 saturated carbocycles. The highest BCUT2D eigenvalue weighted by molar-refractivity contribution is 5.54. The van der Waals surface area contributed by atoms with Gasteiger partial charge in [0.1, 0.15) is 5.75 Å². The first kappa shape index (κ1) is 13.0. The molecule has 0 aliphatic carbocycles. The van der Waals surface area contributed by atoms with Crippen molar-refractivity contribution in [2.24, 2.45) is 0 Å². The zero-order valence-corrected chi connectivity index (χ0v) is 11.8. The highest BCUT2D eigenvalue weighted by atomic mass is 16.5. The first-order valence-electron chi connectivity index (χ1n) is 6.96. The maximum Gasteiger partial charge on any atom is 0.141 e. The fourth-order valence-electron chi connectivity index (χ4n) is 2.78. The van der Waals surface area contributed by atoms with Crippen LogP contribution in [0.25, 0.3) is 0 Å². The number of nitrogens with two attached hydrogens (primary N) is 1. The van der Waals surface area contributed by atoms with Crippen molar-refractivity contribution in [3.05, 3.63) is 59.7 Å². The number of methoxy groups -OCH3 is 1. The number of hydrogen-bond donors (Lipinski definition) is 1. The highest BCUT2D eigenvalue weighted by Crippen LogP contribution is 2.29. The summed E-state index contributed by atoms with van der Waals surface area (Å²) in [4.78, 5) is 2.44. The Balaban J connectivity index is 1.58. The molecule has 0 amide bonds. The maximum atomic E-state index is 5.94. The Morgan fingerprint density at radius 1 is 1.15 bits per heavy atom. The minimum Gasteiger partial charge on any atom is -0.495 e. The molecule has 0 radical (unpaired) electrons. The number of rotatable bonds is 4. The largest absolute Gasteiger partial charge is 0.495 e. The van der Waals surface area contributed by atoms with Gasteiger partial charge in [0.15, 0.2) is 0 Å². The zero-order chi connectivity index (χ0) is 13.9. The molecule has 0 bridgehead atoms. The Kier molecular flexibility index (Phi) is 3.61. The molecule has 1 aliphatic heterocycles. The van der Waals surface area contributed by atoms with E-state index in [1.165, 1.54) is 11.1 Å². The number of hydrogen-bond acceptors (Lipinski definition) is 3. The topological polar surface area (TPSA) is 38.5 Å². The van der Waals surface area contributed by atoms with Gasteiger partial charge in [0.05, 0.1) is 12.8 Å². The monoisotopic (exact) mass is 268 g/mol. The third kappa shape index (κ3) is 2.63. The van der Waals surface area contributed by atoms with Crippen LogP contribution in [0.5, 0.6) is 5.75 Å². The molecule has 20 heavy (non-hydrogen) atoms.